The largest absolute Gasteiger partial charge is 0.298 e. The molecule has 0 aliphatic carbocycles. The van der Waals surface area contributed by atoms with Crippen molar-refractivity contribution in [2.24, 2.45) is 0 Å². The van der Waals surface area contributed by atoms with E-state index in [1.807, 2.05) is 0 Å². The lowest BCUT2D eigenvalue weighted by Gasteiger charge is -2.20. The molecule has 1 N–H and O–H groups in total. The molecule has 2 aromatic rings. The standard InChI is InChI=1S/C17H21N3O4S2/c1-10(2)20(5)26(23,24)14-8-6-13(7-9-14)16(22)19-17-18-11(3)15(25-17)12(4)21/h6-10H,1-5H3,(H,18,19,22). The maximum absolute atomic E-state index is 12.4. The van der Waals surface area contributed by atoms with Crippen LogP contribution in [0.3, 0.4) is 0 Å². The van der Waals surface area contributed by atoms with Gasteiger partial charge in [0.2, 0.25) is 10.0 Å². The molecule has 0 spiro atoms. The van der Waals surface area contributed by atoms with E-state index in [9.17, 15) is 18.0 Å². The van der Waals surface area contributed by atoms with E-state index in [4.69, 9.17) is 0 Å². The molecule has 0 fully saturated rings. The molecule has 0 bridgehead atoms. The van der Waals surface area contributed by atoms with E-state index >= 15 is 0 Å². The van der Waals surface area contributed by atoms with Crippen LogP contribution in [0.15, 0.2) is 29.2 Å². The second-order valence-electron chi connectivity index (χ2n) is 6.08. The van der Waals surface area contributed by atoms with Crippen LogP contribution in [0.2, 0.25) is 0 Å². The molecule has 0 radical (unpaired) electrons. The molecule has 9 heteroatoms. The van der Waals surface area contributed by atoms with Crippen LogP contribution >= 0.6 is 11.3 Å². The Morgan fingerprint density at radius 2 is 1.77 bits per heavy atom. The number of hydrogen-bond acceptors (Lipinski definition) is 6. The Balaban J connectivity index is 2.19. The molecule has 7 nitrogen and oxygen atoms in total. The van der Waals surface area contributed by atoms with Gasteiger partial charge < -0.3 is 0 Å². The van der Waals surface area contributed by atoms with Gasteiger partial charge in [-0.3, -0.25) is 14.9 Å². The normalized spacial score (nSPS) is 11.8. The lowest BCUT2D eigenvalue weighted by Crippen LogP contribution is -2.33. The van der Waals surface area contributed by atoms with Gasteiger partial charge in [0.1, 0.15) is 0 Å². The molecule has 2 rings (SSSR count). The van der Waals surface area contributed by atoms with Gasteiger partial charge in [0, 0.05) is 25.6 Å². The summed E-state index contributed by atoms with van der Waals surface area (Å²) in [5, 5.41) is 2.96. The second-order valence-corrected chi connectivity index (χ2v) is 9.08. The van der Waals surface area contributed by atoms with Crippen molar-refractivity contribution in [3.05, 3.63) is 40.4 Å². The van der Waals surface area contributed by atoms with E-state index in [2.05, 4.69) is 10.3 Å². The highest BCUT2D eigenvalue weighted by molar-refractivity contribution is 7.89. The molecular formula is C17H21N3O4S2. The summed E-state index contributed by atoms with van der Waals surface area (Å²) < 4.78 is 26.1. The minimum absolute atomic E-state index is 0.107. The molecule has 0 saturated heterocycles. The number of nitrogens with one attached hydrogen (secondary N) is 1. The first-order valence-corrected chi connectivity index (χ1v) is 10.2. The number of carbonyl (C=O) groups excluding carboxylic acids is 2. The average molecular weight is 396 g/mol. The lowest BCUT2D eigenvalue weighted by molar-refractivity contribution is 0.101. The summed E-state index contributed by atoms with van der Waals surface area (Å²) in [4.78, 5) is 28.6. The molecule has 1 heterocycles. The first kappa shape index (κ1) is 20.2. The van der Waals surface area contributed by atoms with Crippen LogP contribution in [-0.4, -0.2) is 42.5 Å². The van der Waals surface area contributed by atoms with Gasteiger partial charge in [0.15, 0.2) is 10.9 Å². The summed E-state index contributed by atoms with van der Waals surface area (Å²) >= 11 is 1.11. The van der Waals surface area contributed by atoms with E-state index in [0.29, 0.717) is 21.3 Å². The first-order chi connectivity index (χ1) is 12.0. The monoisotopic (exact) mass is 395 g/mol. The zero-order chi connectivity index (χ0) is 19.6. The maximum Gasteiger partial charge on any atom is 0.257 e. The number of ketones is 1. The third-order valence-corrected chi connectivity index (χ3v) is 7.08. The Hall–Kier alpha value is -2.10. The Kier molecular flexibility index (Phi) is 5.94. The molecule has 0 aliphatic heterocycles. The van der Waals surface area contributed by atoms with Crippen LogP contribution in [0, 0.1) is 6.92 Å². The lowest BCUT2D eigenvalue weighted by atomic mass is 10.2. The number of amides is 1. The molecule has 0 saturated carbocycles. The van der Waals surface area contributed by atoms with Crippen LogP contribution in [0.25, 0.3) is 0 Å². The van der Waals surface area contributed by atoms with E-state index in [-0.39, 0.29) is 16.7 Å². The fourth-order valence-corrected chi connectivity index (χ4v) is 4.39. The molecule has 0 aliphatic rings. The Morgan fingerprint density at radius 3 is 2.23 bits per heavy atom. The quantitative estimate of drug-likeness (QED) is 0.759. The smallest absolute Gasteiger partial charge is 0.257 e. The third-order valence-electron chi connectivity index (χ3n) is 3.86. The van der Waals surface area contributed by atoms with Crippen molar-refractivity contribution >= 4 is 38.2 Å². The molecule has 140 valence electrons. The van der Waals surface area contributed by atoms with Crippen LogP contribution in [0.1, 0.15) is 46.5 Å². The van der Waals surface area contributed by atoms with Crippen molar-refractivity contribution in [3.8, 4) is 0 Å². The molecule has 1 amide bonds. The number of thiazole rings is 1. The molecule has 26 heavy (non-hydrogen) atoms. The Morgan fingerprint density at radius 1 is 1.19 bits per heavy atom. The minimum Gasteiger partial charge on any atom is -0.298 e. The van der Waals surface area contributed by atoms with Gasteiger partial charge in [-0.2, -0.15) is 4.31 Å². The van der Waals surface area contributed by atoms with Gasteiger partial charge in [-0.25, -0.2) is 13.4 Å². The molecule has 1 aromatic heterocycles. The third kappa shape index (κ3) is 4.17. The van der Waals surface area contributed by atoms with E-state index in [0.717, 1.165) is 11.3 Å². The fourth-order valence-electron chi connectivity index (χ4n) is 2.17. The number of carbonyl (C=O) groups is 2. The van der Waals surface area contributed by atoms with Crippen LogP contribution in [-0.2, 0) is 10.0 Å². The maximum atomic E-state index is 12.4. The van der Waals surface area contributed by atoms with Gasteiger partial charge in [-0.05, 0) is 45.0 Å². The van der Waals surface area contributed by atoms with E-state index in [1.165, 1.54) is 42.5 Å². The number of hydrogen-bond donors (Lipinski definition) is 1. The summed E-state index contributed by atoms with van der Waals surface area (Å²) in [5.74, 6) is -0.528. The molecule has 1 aromatic carbocycles. The van der Waals surface area contributed by atoms with Crippen molar-refractivity contribution in [2.45, 2.75) is 38.6 Å². The Labute approximate surface area is 157 Å². The van der Waals surface area contributed by atoms with Crippen LogP contribution < -0.4 is 5.32 Å². The fraction of sp³-hybridized carbons (Fsp3) is 0.353. The summed E-state index contributed by atoms with van der Waals surface area (Å²) in [6, 6.07) is 5.52. The number of benzene rings is 1. The van der Waals surface area contributed by atoms with Gasteiger partial charge in [-0.1, -0.05) is 11.3 Å². The van der Waals surface area contributed by atoms with Gasteiger partial charge in [-0.15, -0.1) is 0 Å². The molecule has 0 atom stereocenters. The van der Waals surface area contributed by atoms with Crippen LogP contribution in [0.5, 0.6) is 0 Å². The Bertz CT molecular complexity index is 931. The van der Waals surface area contributed by atoms with Crippen molar-refractivity contribution in [3.63, 3.8) is 0 Å². The topological polar surface area (TPSA) is 96.4 Å². The number of sulfonamides is 1. The van der Waals surface area contributed by atoms with Crippen molar-refractivity contribution in [2.75, 3.05) is 12.4 Å². The number of Topliss-reactive ketones (excluding diaryl/α,β-unsaturated/α-hetero) is 1. The predicted molar refractivity (Wildman–Crippen MR) is 101 cm³/mol. The van der Waals surface area contributed by atoms with E-state index < -0.39 is 15.9 Å². The van der Waals surface area contributed by atoms with Crippen molar-refractivity contribution in [1.29, 1.82) is 0 Å². The summed E-state index contributed by atoms with van der Waals surface area (Å²) in [6.07, 6.45) is 0. The first-order valence-electron chi connectivity index (χ1n) is 7.92. The number of nitrogens with zero attached hydrogens (tertiary/aromatic N) is 2. The van der Waals surface area contributed by atoms with Gasteiger partial charge >= 0.3 is 0 Å². The van der Waals surface area contributed by atoms with E-state index in [1.54, 1.807) is 20.8 Å². The predicted octanol–water partition coefficient (Wildman–Crippen LogP) is 2.94. The van der Waals surface area contributed by atoms with Gasteiger partial charge in [0.25, 0.3) is 5.91 Å². The SMILES string of the molecule is CC(=O)c1sc(NC(=O)c2ccc(S(=O)(=O)N(C)C(C)C)cc2)nc1C. The average Bonchev–Trinajstić information content (AvgIpc) is 2.94. The number of anilines is 1. The summed E-state index contributed by atoms with van der Waals surface area (Å²) in [6.45, 7) is 6.71. The highest BCUT2D eigenvalue weighted by Gasteiger charge is 2.23. The molecule has 0 unspecified atom stereocenters. The zero-order valence-electron chi connectivity index (χ0n) is 15.2. The highest BCUT2D eigenvalue weighted by Crippen LogP contribution is 2.24. The van der Waals surface area contributed by atoms with Gasteiger partial charge in [0.05, 0.1) is 15.5 Å². The summed E-state index contributed by atoms with van der Waals surface area (Å²) in [7, 11) is -2.09. The van der Waals surface area contributed by atoms with Crippen LogP contribution in [0.4, 0.5) is 5.13 Å². The summed E-state index contributed by atoms with van der Waals surface area (Å²) in [5.41, 5.74) is 0.865. The zero-order valence-corrected chi connectivity index (χ0v) is 16.9. The van der Waals surface area contributed by atoms with Crippen molar-refractivity contribution in [1.82, 2.24) is 9.29 Å². The number of rotatable bonds is 6. The van der Waals surface area contributed by atoms with Crippen molar-refractivity contribution < 1.29 is 18.0 Å². The molecular weight excluding hydrogens is 374 g/mol. The number of aryl methyl sites for hydroxylation is 1. The minimum atomic E-state index is -3.60. The highest BCUT2D eigenvalue weighted by atomic mass is 32.2. The second kappa shape index (κ2) is 7.65. The number of aromatic nitrogens is 1.